The molecule has 3 aromatic rings. The fourth-order valence-corrected chi connectivity index (χ4v) is 3.07. The van der Waals surface area contributed by atoms with E-state index in [9.17, 15) is 0 Å². The molecular weight excluding hydrogens is 218 g/mol. The molecule has 1 nitrogen and oxygen atoms in total. The van der Waals surface area contributed by atoms with Gasteiger partial charge in [-0.3, -0.25) is 0 Å². The molecule has 0 aliphatic heterocycles. The Balaban J connectivity index is 2.11. The summed E-state index contributed by atoms with van der Waals surface area (Å²) in [6, 6.07) is 15.2. The van der Waals surface area contributed by atoms with Crippen molar-refractivity contribution in [2.45, 2.75) is 25.7 Å². The Bertz CT molecular complexity index is 743. The highest BCUT2D eigenvalue weighted by atomic mass is 14.7. The molecule has 88 valence electrons. The number of pyridine rings is 1. The van der Waals surface area contributed by atoms with Crippen LogP contribution in [0.1, 0.15) is 24.0 Å². The third kappa shape index (κ3) is 1.43. The van der Waals surface area contributed by atoms with Crippen LogP contribution in [0.3, 0.4) is 0 Å². The number of benzene rings is 2. The number of para-hydroxylation sites is 1. The molecule has 0 N–H and O–H groups in total. The van der Waals surface area contributed by atoms with Crippen molar-refractivity contribution in [2.24, 2.45) is 0 Å². The molecule has 0 amide bonds. The summed E-state index contributed by atoms with van der Waals surface area (Å²) in [6.07, 6.45) is 5.05. The van der Waals surface area contributed by atoms with E-state index in [0.29, 0.717) is 0 Å². The van der Waals surface area contributed by atoms with Gasteiger partial charge in [0.25, 0.3) is 0 Å². The largest absolute Gasteiger partial charge is 0.247 e. The Morgan fingerprint density at radius 2 is 1.72 bits per heavy atom. The van der Waals surface area contributed by atoms with Gasteiger partial charge in [-0.2, -0.15) is 0 Å². The summed E-state index contributed by atoms with van der Waals surface area (Å²) in [6.45, 7) is 0. The van der Waals surface area contributed by atoms with Crippen molar-refractivity contribution >= 4 is 21.8 Å². The number of hydrogen-bond acceptors (Lipinski definition) is 1. The Morgan fingerprint density at radius 1 is 0.833 bits per heavy atom. The molecule has 0 saturated heterocycles. The van der Waals surface area contributed by atoms with Crippen LogP contribution in [0.5, 0.6) is 0 Å². The molecule has 0 spiro atoms. The molecule has 2 aromatic carbocycles. The number of fused-ring (bicyclic) bond motifs is 4. The number of rotatable bonds is 0. The van der Waals surface area contributed by atoms with Crippen LogP contribution in [0.15, 0.2) is 42.5 Å². The van der Waals surface area contributed by atoms with E-state index < -0.39 is 0 Å². The monoisotopic (exact) mass is 233 g/mol. The highest BCUT2D eigenvalue weighted by Crippen LogP contribution is 2.29. The summed E-state index contributed by atoms with van der Waals surface area (Å²) in [7, 11) is 0. The molecule has 4 rings (SSSR count). The summed E-state index contributed by atoms with van der Waals surface area (Å²) >= 11 is 0. The van der Waals surface area contributed by atoms with Gasteiger partial charge in [0.15, 0.2) is 0 Å². The van der Waals surface area contributed by atoms with Crippen LogP contribution in [0.2, 0.25) is 0 Å². The number of aryl methyl sites for hydroxylation is 2. The van der Waals surface area contributed by atoms with Crippen molar-refractivity contribution in [3.63, 3.8) is 0 Å². The molecule has 1 heteroatoms. The van der Waals surface area contributed by atoms with Gasteiger partial charge >= 0.3 is 0 Å². The zero-order chi connectivity index (χ0) is 11.9. The van der Waals surface area contributed by atoms with Crippen LogP contribution in [0.25, 0.3) is 21.8 Å². The third-order valence-corrected chi connectivity index (χ3v) is 4.01. The first-order valence-electron chi connectivity index (χ1n) is 6.72. The Morgan fingerprint density at radius 3 is 2.72 bits per heavy atom. The zero-order valence-electron chi connectivity index (χ0n) is 10.3. The second kappa shape index (κ2) is 3.81. The molecule has 1 heterocycles. The smallest absolute Gasteiger partial charge is 0.0744 e. The van der Waals surface area contributed by atoms with Crippen LogP contribution in [-0.4, -0.2) is 4.98 Å². The van der Waals surface area contributed by atoms with Gasteiger partial charge < -0.3 is 0 Å². The molecule has 1 aromatic heterocycles. The first kappa shape index (κ1) is 10.1. The van der Waals surface area contributed by atoms with Crippen LogP contribution in [-0.2, 0) is 12.8 Å². The molecule has 0 saturated carbocycles. The van der Waals surface area contributed by atoms with Gasteiger partial charge in [-0.25, -0.2) is 4.98 Å². The van der Waals surface area contributed by atoms with Crippen molar-refractivity contribution < 1.29 is 0 Å². The minimum Gasteiger partial charge on any atom is -0.247 e. The summed E-state index contributed by atoms with van der Waals surface area (Å²) < 4.78 is 0. The van der Waals surface area contributed by atoms with Crippen molar-refractivity contribution in [1.29, 1.82) is 0 Å². The summed E-state index contributed by atoms with van der Waals surface area (Å²) in [4.78, 5) is 4.89. The van der Waals surface area contributed by atoms with Crippen molar-refractivity contribution in [1.82, 2.24) is 4.98 Å². The lowest BCUT2D eigenvalue weighted by Crippen LogP contribution is -2.04. The first-order chi connectivity index (χ1) is 8.92. The van der Waals surface area contributed by atoms with Crippen LogP contribution in [0, 0.1) is 0 Å². The molecule has 0 unspecified atom stereocenters. The lowest BCUT2D eigenvalue weighted by atomic mass is 9.89. The molecule has 0 fully saturated rings. The average molecular weight is 233 g/mol. The minimum absolute atomic E-state index is 1.11. The molecule has 18 heavy (non-hydrogen) atoms. The standard InChI is InChI=1S/C17H15N/c1-3-7-15-12(5-1)9-10-14-11-13-6-2-4-8-16(13)18-17(14)15/h2,4,6,8-11H,1,3,5,7H2. The Hall–Kier alpha value is -1.89. The highest BCUT2D eigenvalue weighted by Gasteiger charge is 2.13. The van der Waals surface area contributed by atoms with E-state index in [0.717, 1.165) is 5.52 Å². The molecular formula is C17H15N. The second-order valence-corrected chi connectivity index (χ2v) is 5.16. The number of hydrogen-bond donors (Lipinski definition) is 0. The van der Waals surface area contributed by atoms with Gasteiger partial charge in [0, 0.05) is 10.8 Å². The Labute approximate surface area is 106 Å². The summed E-state index contributed by atoms with van der Waals surface area (Å²) in [5.74, 6) is 0. The predicted octanol–water partition coefficient (Wildman–Crippen LogP) is 4.27. The van der Waals surface area contributed by atoms with E-state index in [2.05, 4.69) is 42.5 Å². The first-order valence-corrected chi connectivity index (χ1v) is 6.72. The van der Waals surface area contributed by atoms with Gasteiger partial charge in [0.2, 0.25) is 0 Å². The second-order valence-electron chi connectivity index (χ2n) is 5.16. The normalized spacial score (nSPS) is 14.9. The lowest BCUT2D eigenvalue weighted by Gasteiger charge is -2.17. The summed E-state index contributed by atoms with van der Waals surface area (Å²) in [5, 5.41) is 2.52. The van der Waals surface area contributed by atoms with Gasteiger partial charge in [-0.1, -0.05) is 30.3 Å². The van der Waals surface area contributed by atoms with Gasteiger partial charge in [-0.15, -0.1) is 0 Å². The average Bonchev–Trinajstić information content (AvgIpc) is 2.45. The van der Waals surface area contributed by atoms with Gasteiger partial charge in [0.1, 0.15) is 0 Å². The lowest BCUT2D eigenvalue weighted by molar-refractivity contribution is 0.689. The van der Waals surface area contributed by atoms with E-state index in [1.165, 1.54) is 53.1 Å². The maximum Gasteiger partial charge on any atom is 0.0744 e. The van der Waals surface area contributed by atoms with Crippen LogP contribution in [0.4, 0.5) is 0 Å². The van der Waals surface area contributed by atoms with E-state index in [1.54, 1.807) is 0 Å². The Kier molecular flexibility index (Phi) is 2.13. The maximum absolute atomic E-state index is 4.89. The van der Waals surface area contributed by atoms with E-state index >= 15 is 0 Å². The topological polar surface area (TPSA) is 12.9 Å². The van der Waals surface area contributed by atoms with E-state index in [-0.39, 0.29) is 0 Å². The molecule has 1 aliphatic rings. The molecule has 1 aliphatic carbocycles. The van der Waals surface area contributed by atoms with Gasteiger partial charge in [-0.05, 0) is 48.9 Å². The molecule has 0 bridgehead atoms. The highest BCUT2D eigenvalue weighted by molar-refractivity contribution is 5.94. The number of nitrogens with zero attached hydrogens (tertiary/aromatic N) is 1. The predicted molar refractivity (Wildman–Crippen MR) is 75.9 cm³/mol. The van der Waals surface area contributed by atoms with Crippen molar-refractivity contribution in [3.8, 4) is 0 Å². The van der Waals surface area contributed by atoms with E-state index in [4.69, 9.17) is 4.98 Å². The minimum atomic E-state index is 1.11. The fraction of sp³-hybridized carbons (Fsp3) is 0.235. The molecule has 0 radical (unpaired) electrons. The molecule has 0 atom stereocenters. The van der Waals surface area contributed by atoms with Gasteiger partial charge in [0.05, 0.1) is 11.0 Å². The van der Waals surface area contributed by atoms with Crippen LogP contribution >= 0.6 is 0 Å². The van der Waals surface area contributed by atoms with E-state index in [1.807, 2.05) is 0 Å². The third-order valence-electron chi connectivity index (χ3n) is 4.01. The quantitative estimate of drug-likeness (QED) is 0.528. The SMILES string of the molecule is c1ccc2nc3c4c(ccc3cc2c1)CCCC4. The maximum atomic E-state index is 4.89. The fourth-order valence-electron chi connectivity index (χ4n) is 3.07. The van der Waals surface area contributed by atoms with Crippen molar-refractivity contribution in [3.05, 3.63) is 53.6 Å². The summed E-state index contributed by atoms with van der Waals surface area (Å²) in [5.41, 5.74) is 5.34. The zero-order valence-corrected chi connectivity index (χ0v) is 10.3. The number of aromatic nitrogens is 1. The van der Waals surface area contributed by atoms with Crippen molar-refractivity contribution in [2.75, 3.05) is 0 Å². The van der Waals surface area contributed by atoms with Crippen LogP contribution < -0.4 is 0 Å².